The average Bonchev–Trinajstić information content (AvgIpc) is 3.13. The average molecular weight is 253 g/mol. The summed E-state index contributed by atoms with van der Waals surface area (Å²) in [6.45, 7) is 4.50. The third kappa shape index (κ3) is 4.29. The van der Waals surface area contributed by atoms with Gasteiger partial charge >= 0.3 is 6.03 Å². The third-order valence-corrected chi connectivity index (χ3v) is 3.82. The fourth-order valence-corrected chi connectivity index (χ4v) is 2.37. The van der Waals surface area contributed by atoms with Gasteiger partial charge in [-0.25, -0.2) is 4.79 Å². The summed E-state index contributed by atoms with van der Waals surface area (Å²) in [5.41, 5.74) is 0. The topological polar surface area (TPSA) is 61.4 Å². The molecule has 0 bridgehead atoms. The molecule has 1 saturated heterocycles. The highest BCUT2D eigenvalue weighted by atomic mass is 16.2. The second-order valence-electron chi connectivity index (χ2n) is 5.42. The molecule has 0 spiro atoms. The Balaban J connectivity index is 1.63. The Bertz CT molecular complexity index is 307. The van der Waals surface area contributed by atoms with Crippen LogP contribution in [0, 0.1) is 5.92 Å². The van der Waals surface area contributed by atoms with E-state index in [4.69, 9.17) is 0 Å². The molecule has 5 nitrogen and oxygen atoms in total. The van der Waals surface area contributed by atoms with E-state index in [0.717, 1.165) is 44.7 Å². The fourth-order valence-electron chi connectivity index (χ4n) is 2.37. The molecule has 2 aliphatic rings. The predicted molar refractivity (Wildman–Crippen MR) is 69.2 cm³/mol. The van der Waals surface area contributed by atoms with E-state index < -0.39 is 0 Å². The van der Waals surface area contributed by atoms with Crippen molar-refractivity contribution in [2.75, 3.05) is 19.6 Å². The van der Waals surface area contributed by atoms with Gasteiger partial charge in [0.1, 0.15) is 0 Å². The molecule has 0 atom stereocenters. The zero-order chi connectivity index (χ0) is 13.0. The molecule has 1 heterocycles. The van der Waals surface area contributed by atoms with Gasteiger partial charge in [0.25, 0.3) is 0 Å². The van der Waals surface area contributed by atoms with Gasteiger partial charge < -0.3 is 5.32 Å². The SMILES string of the molecule is CCC1CCN(CC(=O)NC(=O)NC2CC2)CC1. The predicted octanol–water partition coefficient (Wildman–Crippen LogP) is 1.10. The van der Waals surface area contributed by atoms with Crippen molar-refractivity contribution in [3.05, 3.63) is 0 Å². The summed E-state index contributed by atoms with van der Waals surface area (Å²) >= 11 is 0. The summed E-state index contributed by atoms with van der Waals surface area (Å²) in [4.78, 5) is 25.2. The lowest BCUT2D eigenvalue weighted by molar-refractivity contribution is -0.121. The van der Waals surface area contributed by atoms with E-state index in [0.29, 0.717) is 6.54 Å². The number of likely N-dealkylation sites (tertiary alicyclic amines) is 1. The highest BCUT2D eigenvalue weighted by Crippen LogP contribution is 2.19. The Kier molecular flexibility index (Phi) is 4.58. The van der Waals surface area contributed by atoms with E-state index in [1.54, 1.807) is 0 Å². The maximum Gasteiger partial charge on any atom is 0.321 e. The molecule has 2 rings (SSSR count). The van der Waals surface area contributed by atoms with Crippen molar-refractivity contribution in [3.63, 3.8) is 0 Å². The quantitative estimate of drug-likeness (QED) is 0.788. The van der Waals surface area contributed by atoms with Crippen LogP contribution in [0.1, 0.15) is 39.0 Å². The minimum absolute atomic E-state index is 0.192. The molecule has 3 amide bonds. The number of hydrogen-bond acceptors (Lipinski definition) is 3. The van der Waals surface area contributed by atoms with Crippen LogP contribution in [0.5, 0.6) is 0 Å². The number of nitrogens with one attached hydrogen (secondary N) is 2. The summed E-state index contributed by atoms with van der Waals surface area (Å²) < 4.78 is 0. The Morgan fingerprint density at radius 2 is 1.83 bits per heavy atom. The lowest BCUT2D eigenvalue weighted by atomic mass is 9.94. The zero-order valence-corrected chi connectivity index (χ0v) is 11.1. The highest BCUT2D eigenvalue weighted by molar-refractivity contribution is 5.95. The van der Waals surface area contributed by atoms with Gasteiger partial charge in [-0.2, -0.15) is 0 Å². The first-order valence-electron chi connectivity index (χ1n) is 7.00. The van der Waals surface area contributed by atoms with Crippen LogP contribution in [0.15, 0.2) is 0 Å². The van der Waals surface area contributed by atoms with Gasteiger partial charge in [0.2, 0.25) is 5.91 Å². The summed E-state index contributed by atoms with van der Waals surface area (Å²) in [6, 6.07) is -0.0518. The minimum atomic E-state index is -0.342. The molecule has 0 unspecified atom stereocenters. The number of piperidine rings is 1. The number of urea groups is 1. The monoisotopic (exact) mass is 253 g/mol. The maximum atomic E-state index is 11.7. The largest absolute Gasteiger partial charge is 0.335 e. The number of amides is 3. The van der Waals surface area contributed by atoms with Crippen molar-refractivity contribution < 1.29 is 9.59 Å². The molecule has 0 radical (unpaired) electrons. The Hall–Kier alpha value is -1.10. The molecule has 1 aliphatic carbocycles. The summed E-state index contributed by atoms with van der Waals surface area (Å²) in [6.07, 6.45) is 5.62. The van der Waals surface area contributed by atoms with Crippen LogP contribution < -0.4 is 10.6 Å². The van der Waals surface area contributed by atoms with E-state index in [2.05, 4.69) is 22.5 Å². The van der Waals surface area contributed by atoms with Crippen molar-refractivity contribution >= 4 is 11.9 Å². The van der Waals surface area contributed by atoms with Gasteiger partial charge in [-0.1, -0.05) is 13.3 Å². The third-order valence-electron chi connectivity index (χ3n) is 3.82. The number of imide groups is 1. The van der Waals surface area contributed by atoms with E-state index in [9.17, 15) is 9.59 Å². The first kappa shape index (κ1) is 13.3. The standard InChI is InChI=1S/C13H23N3O2/c1-2-10-5-7-16(8-6-10)9-12(17)15-13(18)14-11-3-4-11/h10-11H,2-9H2,1H3,(H2,14,15,17,18). The molecule has 0 aromatic heterocycles. The summed E-state index contributed by atoms with van der Waals surface area (Å²) in [7, 11) is 0. The lowest BCUT2D eigenvalue weighted by Gasteiger charge is -2.30. The zero-order valence-electron chi connectivity index (χ0n) is 11.1. The van der Waals surface area contributed by atoms with Crippen LogP contribution in [0.3, 0.4) is 0 Å². The summed E-state index contributed by atoms with van der Waals surface area (Å²) in [5, 5.41) is 5.14. The first-order chi connectivity index (χ1) is 8.67. The van der Waals surface area contributed by atoms with Crippen LogP contribution in [-0.4, -0.2) is 42.5 Å². The van der Waals surface area contributed by atoms with Gasteiger partial charge in [0.15, 0.2) is 0 Å². The Morgan fingerprint density at radius 3 is 2.39 bits per heavy atom. The molecule has 2 N–H and O–H groups in total. The number of rotatable bonds is 4. The molecule has 18 heavy (non-hydrogen) atoms. The normalized spacial score (nSPS) is 21.6. The highest BCUT2D eigenvalue weighted by Gasteiger charge is 2.25. The molecular formula is C13H23N3O2. The second-order valence-corrected chi connectivity index (χ2v) is 5.42. The van der Waals surface area contributed by atoms with Crippen LogP contribution in [0.25, 0.3) is 0 Å². The first-order valence-corrected chi connectivity index (χ1v) is 7.00. The maximum absolute atomic E-state index is 11.7. The summed E-state index contributed by atoms with van der Waals surface area (Å²) in [5.74, 6) is 0.616. The fraction of sp³-hybridized carbons (Fsp3) is 0.846. The van der Waals surface area contributed by atoms with E-state index in [1.165, 1.54) is 6.42 Å². The number of carbonyl (C=O) groups is 2. The van der Waals surface area contributed by atoms with Crippen LogP contribution in [0.4, 0.5) is 4.79 Å². The van der Waals surface area contributed by atoms with E-state index in [-0.39, 0.29) is 18.0 Å². The second kappa shape index (κ2) is 6.18. The van der Waals surface area contributed by atoms with Crippen LogP contribution in [0.2, 0.25) is 0 Å². The molecule has 102 valence electrons. The number of hydrogen-bond donors (Lipinski definition) is 2. The number of nitrogens with zero attached hydrogens (tertiary/aromatic N) is 1. The molecule has 0 aromatic rings. The molecule has 1 saturated carbocycles. The Labute approximate surface area is 108 Å². The molecule has 5 heteroatoms. The van der Waals surface area contributed by atoms with E-state index in [1.807, 2.05) is 0 Å². The van der Waals surface area contributed by atoms with Crippen molar-refractivity contribution in [1.29, 1.82) is 0 Å². The van der Waals surface area contributed by atoms with Gasteiger partial charge in [0.05, 0.1) is 6.54 Å². The number of carbonyl (C=O) groups excluding carboxylic acids is 2. The molecule has 1 aliphatic heterocycles. The Morgan fingerprint density at radius 1 is 1.17 bits per heavy atom. The van der Waals surface area contributed by atoms with Crippen LogP contribution in [-0.2, 0) is 4.79 Å². The van der Waals surface area contributed by atoms with Gasteiger partial charge in [-0.05, 0) is 44.7 Å². The molecular weight excluding hydrogens is 230 g/mol. The van der Waals surface area contributed by atoms with Gasteiger partial charge in [-0.3, -0.25) is 15.0 Å². The molecule has 2 fully saturated rings. The van der Waals surface area contributed by atoms with E-state index >= 15 is 0 Å². The van der Waals surface area contributed by atoms with Crippen LogP contribution >= 0.6 is 0 Å². The molecule has 0 aromatic carbocycles. The smallest absolute Gasteiger partial charge is 0.321 e. The van der Waals surface area contributed by atoms with Gasteiger partial charge in [-0.15, -0.1) is 0 Å². The lowest BCUT2D eigenvalue weighted by Crippen LogP contribution is -2.46. The van der Waals surface area contributed by atoms with Crippen molar-refractivity contribution in [2.24, 2.45) is 5.92 Å². The van der Waals surface area contributed by atoms with Gasteiger partial charge in [0, 0.05) is 6.04 Å². The minimum Gasteiger partial charge on any atom is -0.335 e. The van der Waals surface area contributed by atoms with Crippen molar-refractivity contribution in [1.82, 2.24) is 15.5 Å². The van der Waals surface area contributed by atoms with Crippen molar-refractivity contribution in [2.45, 2.75) is 45.1 Å². The van der Waals surface area contributed by atoms with Crippen molar-refractivity contribution in [3.8, 4) is 0 Å².